The van der Waals surface area contributed by atoms with Crippen LogP contribution in [-0.4, -0.2) is 38.3 Å². The van der Waals surface area contributed by atoms with Gasteiger partial charge in [-0.2, -0.15) is 0 Å². The van der Waals surface area contributed by atoms with E-state index in [2.05, 4.69) is 4.98 Å². The van der Waals surface area contributed by atoms with Gasteiger partial charge >= 0.3 is 5.97 Å². The third kappa shape index (κ3) is 4.92. The number of hydrogen-bond acceptors (Lipinski definition) is 6. The fraction of sp³-hybridized carbons (Fsp3) is 0.455. The van der Waals surface area contributed by atoms with Gasteiger partial charge < -0.3 is 9.47 Å². The standard InChI is InChI=1S/C22H28N2O5S/c1-4-20(22(25)29-5-2)21-14-17(12-13-23-21)24(30(26,27)19-10-11-19)15-16-6-8-18(28-3)9-7-16/h6-9,12-14,19-20H,4-5,10-11,15H2,1-3H3. The predicted octanol–water partition coefficient (Wildman–Crippen LogP) is 3.65. The Labute approximate surface area is 178 Å². The third-order valence-electron chi connectivity index (χ3n) is 5.13. The molecular weight excluding hydrogens is 404 g/mol. The lowest BCUT2D eigenvalue weighted by Crippen LogP contribution is -2.33. The number of anilines is 1. The number of benzene rings is 1. The zero-order chi connectivity index (χ0) is 21.7. The van der Waals surface area contributed by atoms with Gasteiger partial charge in [-0.3, -0.25) is 14.1 Å². The first-order valence-electron chi connectivity index (χ1n) is 10.2. The van der Waals surface area contributed by atoms with Crippen LogP contribution in [0.5, 0.6) is 5.75 Å². The Balaban J connectivity index is 1.96. The first kappa shape index (κ1) is 22.1. The summed E-state index contributed by atoms with van der Waals surface area (Å²) in [4.78, 5) is 16.6. The summed E-state index contributed by atoms with van der Waals surface area (Å²) in [6.45, 7) is 4.12. The zero-order valence-corrected chi connectivity index (χ0v) is 18.4. The van der Waals surface area contributed by atoms with E-state index < -0.39 is 15.9 Å². The van der Waals surface area contributed by atoms with Gasteiger partial charge in [-0.25, -0.2) is 8.42 Å². The first-order valence-corrected chi connectivity index (χ1v) is 11.7. The highest BCUT2D eigenvalue weighted by Crippen LogP contribution is 2.35. The highest BCUT2D eigenvalue weighted by molar-refractivity contribution is 7.93. The molecule has 1 saturated carbocycles. The van der Waals surface area contributed by atoms with Gasteiger partial charge in [0, 0.05) is 6.20 Å². The molecule has 0 aliphatic heterocycles. The summed E-state index contributed by atoms with van der Waals surface area (Å²) in [6.07, 6.45) is 3.40. The van der Waals surface area contributed by atoms with E-state index in [9.17, 15) is 13.2 Å². The Bertz CT molecular complexity index is 971. The van der Waals surface area contributed by atoms with Crippen LogP contribution >= 0.6 is 0 Å². The maximum atomic E-state index is 13.2. The second kappa shape index (κ2) is 9.47. The van der Waals surface area contributed by atoms with Crippen molar-refractivity contribution in [2.24, 2.45) is 0 Å². The van der Waals surface area contributed by atoms with Gasteiger partial charge in [0.25, 0.3) is 0 Å². The number of sulfonamides is 1. The summed E-state index contributed by atoms with van der Waals surface area (Å²) in [5, 5.41) is -0.362. The molecule has 2 aromatic rings. The minimum Gasteiger partial charge on any atom is -0.497 e. The molecule has 1 atom stereocenters. The third-order valence-corrected chi connectivity index (χ3v) is 7.40. The van der Waals surface area contributed by atoms with Crippen LogP contribution in [0.25, 0.3) is 0 Å². The van der Waals surface area contributed by atoms with Crippen molar-refractivity contribution in [1.29, 1.82) is 0 Å². The number of carbonyl (C=O) groups is 1. The van der Waals surface area contributed by atoms with Gasteiger partial charge in [0.1, 0.15) is 5.75 Å². The Hall–Kier alpha value is -2.61. The van der Waals surface area contributed by atoms with Gasteiger partial charge in [0.15, 0.2) is 0 Å². The van der Waals surface area contributed by atoms with Crippen LogP contribution < -0.4 is 9.04 Å². The molecular formula is C22H28N2O5S. The zero-order valence-electron chi connectivity index (χ0n) is 17.6. The average molecular weight is 433 g/mol. The lowest BCUT2D eigenvalue weighted by Gasteiger charge is -2.25. The van der Waals surface area contributed by atoms with Crippen LogP contribution in [-0.2, 0) is 26.1 Å². The number of ether oxygens (including phenoxy) is 2. The van der Waals surface area contributed by atoms with Crippen LogP contribution in [0.2, 0.25) is 0 Å². The molecule has 0 saturated heterocycles. The number of carbonyl (C=O) groups excluding carboxylic acids is 1. The fourth-order valence-electron chi connectivity index (χ4n) is 3.29. The van der Waals surface area contributed by atoms with E-state index >= 15 is 0 Å². The van der Waals surface area contributed by atoms with Crippen molar-refractivity contribution >= 4 is 21.7 Å². The lowest BCUT2D eigenvalue weighted by atomic mass is 10.0. The van der Waals surface area contributed by atoms with Crippen molar-refractivity contribution in [3.05, 3.63) is 53.9 Å². The molecule has 3 rings (SSSR count). The minimum absolute atomic E-state index is 0.197. The molecule has 1 heterocycles. The summed E-state index contributed by atoms with van der Waals surface area (Å²) >= 11 is 0. The maximum Gasteiger partial charge on any atom is 0.315 e. The smallest absolute Gasteiger partial charge is 0.315 e. The molecule has 7 nitrogen and oxygen atoms in total. The van der Waals surface area contributed by atoms with Crippen molar-refractivity contribution in [3.8, 4) is 5.75 Å². The molecule has 1 aliphatic carbocycles. The van der Waals surface area contributed by atoms with Crippen LogP contribution in [0.3, 0.4) is 0 Å². The molecule has 30 heavy (non-hydrogen) atoms. The van der Waals surface area contributed by atoms with Crippen molar-refractivity contribution in [2.45, 2.75) is 50.8 Å². The number of aromatic nitrogens is 1. The van der Waals surface area contributed by atoms with Gasteiger partial charge in [-0.15, -0.1) is 0 Å². The topological polar surface area (TPSA) is 85.8 Å². The second-order valence-corrected chi connectivity index (χ2v) is 9.39. The largest absolute Gasteiger partial charge is 0.497 e. The summed E-state index contributed by atoms with van der Waals surface area (Å²) in [7, 11) is -1.93. The van der Waals surface area contributed by atoms with Crippen molar-refractivity contribution in [1.82, 2.24) is 4.98 Å². The molecule has 162 valence electrons. The van der Waals surface area contributed by atoms with Crippen LogP contribution in [0.1, 0.15) is 50.3 Å². The lowest BCUT2D eigenvalue weighted by molar-refractivity contribution is -0.145. The van der Waals surface area contributed by atoms with E-state index in [0.29, 0.717) is 36.4 Å². The van der Waals surface area contributed by atoms with Gasteiger partial charge in [0.05, 0.1) is 42.8 Å². The number of rotatable bonds is 10. The van der Waals surface area contributed by atoms with E-state index in [1.54, 1.807) is 32.4 Å². The van der Waals surface area contributed by atoms with Gasteiger partial charge in [-0.05, 0) is 56.0 Å². The monoisotopic (exact) mass is 432 g/mol. The van der Waals surface area contributed by atoms with Crippen molar-refractivity contribution in [2.75, 3.05) is 18.0 Å². The molecule has 1 aromatic heterocycles. The molecule has 0 bridgehead atoms. The highest BCUT2D eigenvalue weighted by Gasteiger charge is 2.40. The molecule has 1 fully saturated rings. The number of hydrogen-bond donors (Lipinski definition) is 0. The molecule has 0 amide bonds. The van der Waals surface area contributed by atoms with E-state index in [1.807, 2.05) is 31.2 Å². The average Bonchev–Trinajstić information content (AvgIpc) is 3.59. The van der Waals surface area contributed by atoms with E-state index in [4.69, 9.17) is 9.47 Å². The maximum absolute atomic E-state index is 13.2. The quantitative estimate of drug-likeness (QED) is 0.533. The Kier molecular flexibility index (Phi) is 6.97. The number of methoxy groups -OCH3 is 1. The molecule has 0 spiro atoms. The summed E-state index contributed by atoms with van der Waals surface area (Å²) < 4.78 is 38.2. The normalized spacial score (nSPS) is 14.8. The SMILES string of the molecule is CCOC(=O)C(CC)c1cc(N(Cc2ccc(OC)cc2)S(=O)(=O)C2CC2)ccn1. The van der Waals surface area contributed by atoms with Crippen molar-refractivity contribution < 1.29 is 22.7 Å². The summed E-state index contributed by atoms with van der Waals surface area (Å²) in [6, 6.07) is 10.7. The Morgan fingerprint density at radius 2 is 1.90 bits per heavy atom. The molecule has 0 N–H and O–H groups in total. The molecule has 1 aliphatic rings. The van der Waals surface area contributed by atoms with E-state index in [0.717, 1.165) is 5.56 Å². The van der Waals surface area contributed by atoms with Crippen LogP contribution in [0, 0.1) is 0 Å². The van der Waals surface area contributed by atoms with Crippen LogP contribution in [0.15, 0.2) is 42.6 Å². The Morgan fingerprint density at radius 3 is 2.47 bits per heavy atom. The molecule has 1 unspecified atom stereocenters. The van der Waals surface area contributed by atoms with Crippen LogP contribution in [0.4, 0.5) is 5.69 Å². The first-order chi connectivity index (χ1) is 14.4. The van der Waals surface area contributed by atoms with Gasteiger partial charge in [-0.1, -0.05) is 19.1 Å². The summed E-state index contributed by atoms with van der Waals surface area (Å²) in [5.41, 5.74) is 1.86. The van der Waals surface area contributed by atoms with E-state index in [-0.39, 0.29) is 24.4 Å². The van der Waals surface area contributed by atoms with Gasteiger partial charge in [0.2, 0.25) is 10.0 Å². The molecule has 8 heteroatoms. The number of nitrogens with zero attached hydrogens (tertiary/aromatic N) is 2. The second-order valence-electron chi connectivity index (χ2n) is 7.25. The minimum atomic E-state index is -3.52. The number of esters is 1. The summed E-state index contributed by atoms with van der Waals surface area (Å²) in [5.74, 6) is -0.172. The molecule has 1 aromatic carbocycles. The molecule has 0 radical (unpaired) electrons. The predicted molar refractivity (Wildman–Crippen MR) is 115 cm³/mol. The fourth-order valence-corrected chi connectivity index (χ4v) is 5.12. The highest BCUT2D eigenvalue weighted by atomic mass is 32.2. The number of pyridine rings is 1. The van der Waals surface area contributed by atoms with E-state index in [1.165, 1.54) is 4.31 Å². The Morgan fingerprint density at radius 1 is 1.20 bits per heavy atom. The van der Waals surface area contributed by atoms with Crippen molar-refractivity contribution in [3.63, 3.8) is 0 Å².